The summed E-state index contributed by atoms with van der Waals surface area (Å²) in [4.78, 5) is 23.2. The van der Waals surface area contributed by atoms with Crippen molar-refractivity contribution in [3.8, 4) is 0 Å². The molecule has 2 aliphatic rings. The van der Waals surface area contributed by atoms with Gasteiger partial charge in [-0.05, 0) is 23.6 Å². The third-order valence-corrected chi connectivity index (χ3v) is 4.67. The largest absolute Gasteiger partial charge is 0.456 e. The van der Waals surface area contributed by atoms with Crippen molar-refractivity contribution >= 4 is 23.4 Å². The smallest absolute Gasteiger partial charge is 0.357 e. The van der Waals surface area contributed by atoms with Gasteiger partial charge in [0.1, 0.15) is 12.4 Å². The lowest BCUT2D eigenvalue weighted by atomic mass is 10.0. The Bertz CT molecular complexity index is 814. The summed E-state index contributed by atoms with van der Waals surface area (Å²) >= 11 is 0. The van der Waals surface area contributed by atoms with E-state index in [2.05, 4.69) is 41.3 Å². The van der Waals surface area contributed by atoms with Gasteiger partial charge in [-0.3, -0.25) is 0 Å². The third-order valence-electron chi connectivity index (χ3n) is 4.67. The molecule has 7 heteroatoms. The van der Waals surface area contributed by atoms with Gasteiger partial charge < -0.3 is 19.7 Å². The molecule has 2 aliphatic heterocycles. The van der Waals surface area contributed by atoms with Crippen molar-refractivity contribution in [1.29, 1.82) is 0 Å². The highest BCUT2D eigenvalue weighted by Crippen LogP contribution is 2.30. The number of esters is 1. The SMILES string of the molecule is CC(C)c1ccc(Nc2nc(N3CCOCC3)nc3c2COC3=O)cc1. The number of benzene rings is 1. The van der Waals surface area contributed by atoms with Crippen molar-refractivity contribution in [2.75, 3.05) is 36.5 Å². The summed E-state index contributed by atoms with van der Waals surface area (Å²) in [6.07, 6.45) is 0. The van der Waals surface area contributed by atoms with Gasteiger partial charge in [-0.2, -0.15) is 4.98 Å². The van der Waals surface area contributed by atoms with Gasteiger partial charge >= 0.3 is 5.97 Å². The molecule has 0 spiro atoms. The van der Waals surface area contributed by atoms with E-state index in [0.717, 1.165) is 5.69 Å². The fourth-order valence-corrected chi connectivity index (χ4v) is 3.08. The van der Waals surface area contributed by atoms with Crippen LogP contribution in [0.5, 0.6) is 0 Å². The Hall–Kier alpha value is -2.67. The van der Waals surface area contributed by atoms with Gasteiger partial charge in [0.25, 0.3) is 0 Å². The van der Waals surface area contributed by atoms with Crippen LogP contribution in [0.25, 0.3) is 0 Å². The molecule has 26 heavy (non-hydrogen) atoms. The maximum atomic E-state index is 12.0. The second-order valence-corrected chi connectivity index (χ2v) is 6.78. The normalized spacial score (nSPS) is 16.6. The summed E-state index contributed by atoms with van der Waals surface area (Å²) in [7, 11) is 0. The number of hydrogen-bond donors (Lipinski definition) is 1. The fraction of sp³-hybridized carbons (Fsp3) is 0.421. The maximum Gasteiger partial charge on any atom is 0.357 e. The number of carbonyl (C=O) groups excluding carboxylic acids is 1. The molecule has 136 valence electrons. The van der Waals surface area contributed by atoms with Gasteiger partial charge in [-0.25, -0.2) is 9.78 Å². The van der Waals surface area contributed by atoms with E-state index in [1.165, 1.54) is 5.56 Å². The molecule has 2 aromatic rings. The standard InChI is InChI=1S/C19H22N4O3/c1-12(2)13-3-5-14(6-4-13)20-17-15-11-26-18(24)16(15)21-19(22-17)23-7-9-25-10-8-23/h3-6,12H,7-11H2,1-2H3,(H,20,21,22). The van der Waals surface area contributed by atoms with Crippen LogP contribution in [0.3, 0.4) is 0 Å². The van der Waals surface area contributed by atoms with Crippen LogP contribution in [0.4, 0.5) is 17.5 Å². The Morgan fingerprint density at radius 1 is 1.12 bits per heavy atom. The number of hydrogen-bond acceptors (Lipinski definition) is 7. The van der Waals surface area contributed by atoms with Crippen LogP contribution in [0.15, 0.2) is 24.3 Å². The third kappa shape index (κ3) is 3.22. The van der Waals surface area contributed by atoms with Gasteiger partial charge in [-0.1, -0.05) is 26.0 Å². The highest BCUT2D eigenvalue weighted by atomic mass is 16.5. The minimum atomic E-state index is -0.393. The van der Waals surface area contributed by atoms with Crippen LogP contribution >= 0.6 is 0 Å². The number of anilines is 3. The number of morpholine rings is 1. The Labute approximate surface area is 152 Å². The van der Waals surface area contributed by atoms with Crippen molar-refractivity contribution in [2.24, 2.45) is 0 Å². The molecule has 1 aromatic heterocycles. The zero-order chi connectivity index (χ0) is 18.1. The molecule has 0 aliphatic carbocycles. The van der Waals surface area contributed by atoms with Crippen molar-refractivity contribution in [1.82, 2.24) is 9.97 Å². The number of rotatable bonds is 4. The predicted molar refractivity (Wildman–Crippen MR) is 98.0 cm³/mol. The van der Waals surface area contributed by atoms with Crippen LogP contribution in [0.1, 0.15) is 41.4 Å². The lowest BCUT2D eigenvalue weighted by Gasteiger charge is -2.27. The second-order valence-electron chi connectivity index (χ2n) is 6.78. The fourth-order valence-electron chi connectivity index (χ4n) is 3.08. The summed E-state index contributed by atoms with van der Waals surface area (Å²) in [5.74, 6) is 1.24. The first-order chi connectivity index (χ1) is 12.6. The van der Waals surface area contributed by atoms with Gasteiger partial charge in [0.15, 0.2) is 5.69 Å². The Balaban J connectivity index is 1.67. The maximum absolute atomic E-state index is 12.0. The molecule has 0 atom stereocenters. The molecule has 1 saturated heterocycles. The number of nitrogens with one attached hydrogen (secondary N) is 1. The van der Waals surface area contributed by atoms with E-state index in [0.29, 0.717) is 55.2 Å². The Morgan fingerprint density at radius 2 is 1.85 bits per heavy atom. The molecule has 4 rings (SSSR count). The van der Waals surface area contributed by atoms with E-state index >= 15 is 0 Å². The average molecular weight is 354 g/mol. The monoisotopic (exact) mass is 354 g/mol. The van der Waals surface area contributed by atoms with E-state index in [1.807, 2.05) is 17.0 Å². The molecular formula is C19H22N4O3. The molecule has 1 N–H and O–H groups in total. The van der Waals surface area contributed by atoms with E-state index in [9.17, 15) is 4.79 Å². The molecule has 0 bridgehead atoms. The Kier molecular flexibility index (Phi) is 4.46. The number of nitrogens with zero attached hydrogens (tertiary/aromatic N) is 3. The van der Waals surface area contributed by atoms with Crippen molar-refractivity contribution in [2.45, 2.75) is 26.4 Å². The van der Waals surface area contributed by atoms with Crippen LogP contribution in [-0.4, -0.2) is 42.2 Å². The second kappa shape index (κ2) is 6.92. The number of cyclic esters (lactones) is 1. The van der Waals surface area contributed by atoms with Crippen molar-refractivity contribution in [3.05, 3.63) is 41.1 Å². The summed E-state index contributed by atoms with van der Waals surface area (Å²) in [5.41, 5.74) is 3.25. The number of ether oxygens (including phenoxy) is 2. The molecule has 0 unspecified atom stereocenters. The highest BCUT2D eigenvalue weighted by Gasteiger charge is 2.29. The quantitative estimate of drug-likeness (QED) is 0.846. The first-order valence-electron chi connectivity index (χ1n) is 8.89. The zero-order valence-electron chi connectivity index (χ0n) is 15.0. The molecule has 0 amide bonds. The average Bonchev–Trinajstić information content (AvgIpc) is 3.04. The number of fused-ring (bicyclic) bond motifs is 1. The van der Waals surface area contributed by atoms with Gasteiger partial charge in [0.2, 0.25) is 5.95 Å². The van der Waals surface area contributed by atoms with E-state index < -0.39 is 5.97 Å². The molecule has 7 nitrogen and oxygen atoms in total. The molecular weight excluding hydrogens is 332 g/mol. The molecule has 1 aromatic carbocycles. The van der Waals surface area contributed by atoms with E-state index in [-0.39, 0.29) is 6.61 Å². The lowest BCUT2D eigenvalue weighted by molar-refractivity contribution is 0.0531. The Morgan fingerprint density at radius 3 is 2.54 bits per heavy atom. The first-order valence-corrected chi connectivity index (χ1v) is 8.89. The summed E-state index contributed by atoms with van der Waals surface area (Å²) < 4.78 is 10.6. The highest BCUT2D eigenvalue weighted by molar-refractivity contribution is 5.93. The van der Waals surface area contributed by atoms with E-state index in [4.69, 9.17) is 9.47 Å². The van der Waals surface area contributed by atoms with Gasteiger partial charge in [-0.15, -0.1) is 0 Å². The first kappa shape index (κ1) is 16.8. The number of carbonyl (C=O) groups is 1. The van der Waals surface area contributed by atoms with Crippen LogP contribution < -0.4 is 10.2 Å². The molecule has 3 heterocycles. The topological polar surface area (TPSA) is 76.6 Å². The summed E-state index contributed by atoms with van der Waals surface area (Å²) in [6, 6.07) is 8.24. The van der Waals surface area contributed by atoms with Crippen LogP contribution in [-0.2, 0) is 16.1 Å². The van der Waals surface area contributed by atoms with Gasteiger partial charge in [0, 0.05) is 18.8 Å². The summed E-state index contributed by atoms with van der Waals surface area (Å²) in [6.45, 7) is 7.19. The van der Waals surface area contributed by atoms with Gasteiger partial charge in [0.05, 0.1) is 18.8 Å². The van der Waals surface area contributed by atoms with E-state index in [1.54, 1.807) is 0 Å². The molecule has 0 radical (unpaired) electrons. The lowest BCUT2D eigenvalue weighted by Crippen LogP contribution is -2.37. The minimum Gasteiger partial charge on any atom is -0.456 e. The van der Waals surface area contributed by atoms with Crippen molar-refractivity contribution < 1.29 is 14.3 Å². The predicted octanol–water partition coefficient (Wildman–Crippen LogP) is 2.85. The van der Waals surface area contributed by atoms with Crippen LogP contribution in [0, 0.1) is 0 Å². The minimum absolute atomic E-state index is 0.198. The molecule has 0 saturated carbocycles. The molecule has 1 fully saturated rings. The summed E-state index contributed by atoms with van der Waals surface area (Å²) in [5, 5.41) is 3.33. The van der Waals surface area contributed by atoms with Crippen LogP contribution in [0.2, 0.25) is 0 Å². The number of aromatic nitrogens is 2. The zero-order valence-corrected chi connectivity index (χ0v) is 15.0. The van der Waals surface area contributed by atoms with Crippen molar-refractivity contribution in [3.63, 3.8) is 0 Å².